The minimum atomic E-state index is -0.721. The molecular formula is C30H33N3O5S. The van der Waals surface area contributed by atoms with Crippen molar-refractivity contribution in [2.24, 2.45) is 4.99 Å². The molecule has 0 saturated carbocycles. The number of hydrogen-bond donors (Lipinski definition) is 0. The van der Waals surface area contributed by atoms with Gasteiger partial charge >= 0.3 is 5.97 Å². The number of rotatable bonds is 7. The van der Waals surface area contributed by atoms with Gasteiger partial charge in [0.2, 0.25) is 0 Å². The number of carbonyl (C=O) groups excluding carboxylic acids is 1. The first-order valence-electron chi connectivity index (χ1n) is 13.1. The lowest BCUT2D eigenvalue weighted by Gasteiger charge is -2.25. The number of hydrogen-bond acceptors (Lipinski definition) is 8. The third-order valence-corrected chi connectivity index (χ3v) is 8.23. The number of nitrogens with zero attached hydrogens (tertiary/aromatic N) is 3. The highest BCUT2D eigenvalue weighted by molar-refractivity contribution is 7.07. The highest BCUT2D eigenvalue weighted by Gasteiger charge is 2.34. The first kappa shape index (κ1) is 26.7. The largest absolute Gasteiger partial charge is 0.493 e. The van der Waals surface area contributed by atoms with Gasteiger partial charge in [-0.3, -0.25) is 9.36 Å². The van der Waals surface area contributed by atoms with Crippen molar-refractivity contribution in [3.8, 4) is 11.5 Å². The molecule has 1 atom stereocenters. The third-order valence-electron chi connectivity index (χ3n) is 7.25. The number of thiazole rings is 1. The molecule has 0 bridgehead atoms. The molecule has 2 aliphatic rings. The van der Waals surface area contributed by atoms with Crippen LogP contribution in [0, 0.1) is 6.92 Å². The van der Waals surface area contributed by atoms with E-state index >= 15 is 0 Å². The van der Waals surface area contributed by atoms with Gasteiger partial charge in [-0.05, 0) is 80.6 Å². The van der Waals surface area contributed by atoms with Crippen LogP contribution in [0.15, 0.2) is 57.5 Å². The fraction of sp³-hybridized carbons (Fsp3) is 0.367. The van der Waals surface area contributed by atoms with Crippen LogP contribution in [0.2, 0.25) is 0 Å². The molecule has 1 aromatic heterocycles. The first-order chi connectivity index (χ1) is 18.9. The van der Waals surface area contributed by atoms with E-state index in [1.165, 1.54) is 29.9 Å². The van der Waals surface area contributed by atoms with E-state index in [0.29, 0.717) is 37.7 Å². The maximum Gasteiger partial charge on any atom is 0.338 e. The number of methoxy groups -OCH3 is 2. The number of anilines is 1. The fourth-order valence-corrected chi connectivity index (χ4v) is 6.30. The predicted octanol–water partition coefficient (Wildman–Crippen LogP) is 3.72. The zero-order valence-electron chi connectivity index (χ0n) is 22.9. The lowest BCUT2D eigenvalue weighted by molar-refractivity contribution is -0.139. The van der Waals surface area contributed by atoms with Gasteiger partial charge in [0.05, 0.1) is 42.7 Å². The zero-order chi connectivity index (χ0) is 27.7. The maximum atomic E-state index is 13.9. The van der Waals surface area contributed by atoms with Crippen LogP contribution in [0.3, 0.4) is 0 Å². The van der Waals surface area contributed by atoms with Crippen molar-refractivity contribution in [2.75, 3.05) is 38.8 Å². The van der Waals surface area contributed by atoms with E-state index in [1.807, 2.05) is 12.1 Å². The second-order valence-electron chi connectivity index (χ2n) is 9.65. The Hall–Kier alpha value is -3.85. The summed E-state index contributed by atoms with van der Waals surface area (Å²) in [6.45, 7) is 7.97. The van der Waals surface area contributed by atoms with Gasteiger partial charge in [-0.15, -0.1) is 0 Å². The third kappa shape index (κ3) is 4.98. The van der Waals surface area contributed by atoms with Crippen LogP contribution < -0.4 is 29.3 Å². The van der Waals surface area contributed by atoms with Crippen molar-refractivity contribution < 1.29 is 19.0 Å². The minimum Gasteiger partial charge on any atom is -0.493 e. The molecule has 1 fully saturated rings. The Morgan fingerprint density at radius 2 is 1.82 bits per heavy atom. The summed E-state index contributed by atoms with van der Waals surface area (Å²) >= 11 is 1.32. The minimum absolute atomic E-state index is 0.212. The predicted molar refractivity (Wildman–Crippen MR) is 153 cm³/mol. The monoisotopic (exact) mass is 547 g/mol. The summed E-state index contributed by atoms with van der Waals surface area (Å²) < 4.78 is 18.5. The maximum absolute atomic E-state index is 13.9. The van der Waals surface area contributed by atoms with Crippen molar-refractivity contribution in [3.05, 3.63) is 84.0 Å². The van der Waals surface area contributed by atoms with Crippen molar-refractivity contribution in [3.63, 3.8) is 0 Å². The van der Waals surface area contributed by atoms with E-state index in [2.05, 4.69) is 35.0 Å². The Morgan fingerprint density at radius 3 is 2.49 bits per heavy atom. The molecule has 0 N–H and O–H groups in total. The molecule has 8 nitrogen and oxygen atoms in total. The molecule has 2 aromatic carbocycles. The summed E-state index contributed by atoms with van der Waals surface area (Å²) in [4.78, 5) is 34.7. The number of esters is 1. The molecule has 0 radical (unpaired) electrons. The molecule has 5 rings (SSSR count). The molecule has 2 aliphatic heterocycles. The number of carbonyl (C=O) groups is 1. The van der Waals surface area contributed by atoms with Crippen LogP contribution in [-0.2, 0) is 9.53 Å². The quantitative estimate of drug-likeness (QED) is 0.420. The highest BCUT2D eigenvalue weighted by Crippen LogP contribution is 2.36. The number of ether oxygens (including phenoxy) is 3. The number of fused-ring (bicyclic) bond motifs is 1. The smallest absolute Gasteiger partial charge is 0.338 e. The summed E-state index contributed by atoms with van der Waals surface area (Å²) in [7, 11) is 3.12. The van der Waals surface area contributed by atoms with Crippen LogP contribution in [0.1, 0.15) is 49.4 Å². The SMILES string of the molecule is CCOC(=O)C1=C(C)N=c2s/c(=C/c3ccc(N4CCCC4)cc3C)c(=O)n2[C@@H]1c1ccc(OC)c(OC)c1. The molecule has 9 heteroatoms. The average Bonchev–Trinajstić information content (AvgIpc) is 3.57. The molecule has 0 amide bonds. The molecule has 39 heavy (non-hydrogen) atoms. The van der Waals surface area contributed by atoms with E-state index < -0.39 is 12.0 Å². The van der Waals surface area contributed by atoms with E-state index in [1.54, 1.807) is 44.8 Å². The van der Waals surface area contributed by atoms with Crippen LogP contribution in [-0.4, -0.2) is 44.5 Å². The number of aryl methyl sites for hydroxylation is 1. The average molecular weight is 548 g/mol. The first-order valence-corrected chi connectivity index (χ1v) is 13.9. The van der Waals surface area contributed by atoms with Crippen molar-refractivity contribution in [1.82, 2.24) is 4.57 Å². The van der Waals surface area contributed by atoms with Gasteiger partial charge in [0.1, 0.15) is 0 Å². The standard InChI is InChI=1S/C30H33N3O5S/c1-6-38-29(35)26-19(3)31-30-33(27(26)21-10-12-23(36-4)24(16-21)37-5)28(34)25(39-30)17-20-9-11-22(15-18(20)2)32-13-7-8-14-32/h9-12,15-17,27H,6-8,13-14H2,1-5H3/b25-17+/t27-/m1/s1. The summed E-state index contributed by atoms with van der Waals surface area (Å²) in [5.41, 5.74) is 4.63. The fourth-order valence-electron chi connectivity index (χ4n) is 5.26. The van der Waals surface area contributed by atoms with Crippen molar-refractivity contribution in [1.29, 1.82) is 0 Å². The zero-order valence-corrected chi connectivity index (χ0v) is 23.8. The normalized spacial score (nSPS) is 17.2. The molecule has 1 saturated heterocycles. The van der Waals surface area contributed by atoms with E-state index in [4.69, 9.17) is 14.2 Å². The summed E-state index contributed by atoms with van der Waals surface area (Å²) in [6.07, 6.45) is 4.36. The van der Waals surface area contributed by atoms with E-state index in [0.717, 1.165) is 24.2 Å². The second kappa shape index (κ2) is 11.1. The van der Waals surface area contributed by atoms with Crippen LogP contribution in [0.4, 0.5) is 5.69 Å². The number of allylic oxidation sites excluding steroid dienone is 1. The Morgan fingerprint density at radius 1 is 1.08 bits per heavy atom. The molecule has 0 aliphatic carbocycles. The second-order valence-corrected chi connectivity index (χ2v) is 10.7. The van der Waals surface area contributed by atoms with Crippen LogP contribution in [0.5, 0.6) is 11.5 Å². The highest BCUT2D eigenvalue weighted by atomic mass is 32.1. The molecule has 0 spiro atoms. The van der Waals surface area contributed by atoms with Gasteiger partial charge in [-0.1, -0.05) is 23.5 Å². The van der Waals surface area contributed by atoms with Gasteiger partial charge in [0.15, 0.2) is 16.3 Å². The summed E-state index contributed by atoms with van der Waals surface area (Å²) in [6, 6.07) is 11.1. The van der Waals surface area contributed by atoms with E-state index in [9.17, 15) is 9.59 Å². The lowest BCUT2D eigenvalue weighted by atomic mass is 9.95. The van der Waals surface area contributed by atoms with Crippen LogP contribution in [0.25, 0.3) is 6.08 Å². The van der Waals surface area contributed by atoms with Crippen LogP contribution >= 0.6 is 11.3 Å². The lowest BCUT2D eigenvalue weighted by Crippen LogP contribution is -2.40. The Kier molecular flexibility index (Phi) is 7.61. The molecular weight excluding hydrogens is 514 g/mol. The molecule has 3 heterocycles. The van der Waals surface area contributed by atoms with Gasteiger partial charge in [0, 0.05) is 18.8 Å². The van der Waals surface area contributed by atoms with Gasteiger partial charge < -0.3 is 19.1 Å². The molecule has 204 valence electrons. The molecule has 0 unspecified atom stereocenters. The number of aromatic nitrogens is 1. The topological polar surface area (TPSA) is 82.4 Å². The Bertz CT molecular complexity index is 1630. The summed E-state index contributed by atoms with van der Waals surface area (Å²) in [5.74, 6) is 0.560. The Labute approximate surface area is 231 Å². The number of benzene rings is 2. The van der Waals surface area contributed by atoms with Crippen molar-refractivity contribution >= 4 is 29.1 Å². The van der Waals surface area contributed by atoms with Gasteiger partial charge in [-0.2, -0.15) is 0 Å². The van der Waals surface area contributed by atoms with Gasteiger partial charge in [0.25, 0.3) is 5.56 Å². The van der Waals surface area contributed by atoms with Crippen molar-refractivity contribution in [2.45, 2.75) is 39.7 Å². The molecule has 3 aromatic rings. The van der Waals surface area contributed by atoms with Gasteiger partial charge in [-0.25, -0.2) is 9.79 Å². The van der Waals surface area contributed by atoms with E-state index in [-0.39, 0.29) is 12.2 Å². The summed E-state index contributed by atoms with van der Waals surface area (Å²) in [5, 5.41) is 0. The Balaban J connectivity index is 1.65.